The predicted molar refractivity (Wildman–Crippen MR) is 73.4 cm³/mol. The average molecular weight is 242 g/mol. The summed E-state index contributed by atoms with van der Waals surface area (Å²) in [6.45, 7) is 14.6. The first-order chi connectivity index (χ1) is 8.18. The van der Waals surface area contributed by atoms with Crippen LogP contribution in [0.3, 0.4) is 0 Å². The summed E-state index contributed by atoms with van der Waals surface area (Å²) in [5.74, 6) is 1.43. The summed E-state index contributed by atoms with van der Waals surface area (Å²) in [5, 5.41) is 3.50. The van der Waals surface area contributed by atoms with Gasteiger partial charge in [-0.3, -0.25) is 0 Å². The number of hydrogen-bond donors (Lipinski definition) is 1. The minimum atomic E-state index is 0.655. The van der Waals surface area contributed by atoms with E-state index >= 15 is 0 Å². The number of nitrogens with one attached hydrogen (secondary N) is 1. The largest absolute Gasteiger partial charge is 0.381 e. The van der Waals surface area contributed by atoms with Gasteiger partial charge < -0.3 is 15.0 Å². The van der Waals surface area contributed by atoms with Crippen LogP contribution in [0.5, 0.6) is 0 Å². The number of ether oxygens (including phenoxy) is 1. The molecule has 3 heteroatoms. The zero-order valence-electron chi connectivity index (χ0n) is 11.9. The van der Waals surface area contributed by atoms with E-state index in [1.54, 1.807) is 0 Å². The van der Waals surface area contributed by atoms with Crippen molar-refractivity contribution in [1.82, 2.24) is 10.2 Å². The van der Waals surface area contributed by atoms with Crippen LogP contribution in [0.25, 0.3) is 0 Å². The molecule has 3 nitrogen and oxygen atoms in total. The average Bonchev–Trinajstić information content (AvgIpc) is 2.23. The van der Waals surface area contributed by atoms with Crippen LogP contribution in [0.4, 0.5) is 0 Å². The molecule has 102 valence electrons. The fraction of sp³-hybridized carbons (Fsp3) is 1.00. The molecule has 1 atom stereocenters. The first kappa shape index (κ1) is 14.9. The molecule has 1 N–H and O–H groups in total. The fourth-order valence-electron chi connectivity index (χ4n) is 2.29. The Morgan fingerprint density at radius 2 is 2.24 bits per heavy atom. The molecule has 0 aromatic heterocycles. The first-order valence-corrected chi connectivity index (χ1v) is 7.19. The fourth-order valence-corrected chi connectivity index (χ4v) is 2.29. The molecule has 0 amide bonds. The molecule has 1 aliphatic rings. The summed E-state index contributed by atoms with van der Waals surface area (Å²) in [6, 6.07) is 0. The topological polar surface area (TPSA) is 24.5 Å². The molecule has 0 spiro atoms. The van der Waals surface area contributed by atoms with Crippen molar-refractivity contribution < 1.29 is 4.74 Å². The van der Waals surface area contributed by atoms with Gasteiger partial charge in [0.15, 0.2) is 0 Å². The van der Waals surface area contributed by atoms with E-state index in [2.05, 4.69) is 31.0 Å². The van der Waals surface area contributed by atoms with E-state index in [0.717, 1.165) is 19.1 Å². The molecule has 1 aliphatic heterocycles. The van der Waals surface area contributed by atoms with Gasteiger partial charge in [-0.25, -0.2) is 0 Å². The molecule has 1 unspecified atom stereocenters. The zero-order valence-corrected chi connectivity index (χ0v) is 11.9. The van der Waals surface area contributed by atoms with E-state index in [0.29, 0.717) is 5.92 Å². The predicted octanol–water partition coefficient (Wildman–Crippen LogP) is 1.98. The maximum absolute atomic E-state index is 5.63. The monoisotopic (exact) mass is 242 g/mol. The quantitative estimate of drug-likeness (QED) is 0.721. The normalized spacial score (nSPS) is 23.6. The van der Waals surface area contributed by atoms with Gasteiger partial charge in [-0.1, -0.05) is 20.8 Å². The number of hydrogen-bond acceptors (Lipinski definition) is 3. The molecule has 0 aliphatic carbocycles. The lowest BCUT2D eigenvalue weighted by molar-refractivity contribution is 0.0964. The molecular weight excluding hydrogens is 212 g/mol. The van der Waals surface area contributed by atoms with Crippen LogP contribution in [0.1, 0.15) is 33.6 Å². The van der Waals surface area contributed by atoms with E-state index in [9.17, 15) is 0 Å². The van der Waals surface area contributed by atoms with Gasteiger partial charge in [-0.05, 0) is 44.3 Å². The van der Waals surface area contributed by atoms with Crippen LogP contribution in [-0.2, 0) is 4.74 Å². The molecule has 1 heterocycles. The molecule has 17 heavy (non-hydrogen) atoms. The van der Waals surface area contributed by atoms with Crippen molar-refractivity contribution in [2.45, 2.75) is 33.6 Å². The summed E-state index contributed by atoms with van der Waals surface area (Å²) in [6.07, 6.45) is 2.45. The molecule has 0 aromatic rings. The lowest BCUT2D eigenvalue weighted by Gasteiger charge is -2.28. The minimum Gasteiger partial charge on any atom is -0.381 e. The van der Waals surface area contributed by atoms with Crippen LogP contribution in [0.15, 0.2) is 0 Å². The van der Waals surface area contributed by atoms with Crippen molar-refractivity contribution in [2.24, 2.45) is 11.8 Å². The van der Waals surface area contributed by atoms with Gasteiger partial charge in [0.05, 0.1) is 0 Å². The second-order valence-electron chi connectivity index (χ2n) is 5.79. The van der Waals surface area contributed by atoms with Gasteiger partial charge >= 0.3 is 0 Å². The van der Waals surface area contributed by atoms with Crippen molar-refractivity contribution in [1.29, 1.82) is 0 Å². The molecule has 0 radical (unpaired) electrons. The zero-order chi connectivity index (χ0) is 12.5. The molecule has 0 aromatic carbocycles. The van der Waals surface area contributed by atoms with Crippen molar-refractivity contribution in [3.8, 4) is 0 Å². The number of nitrogens with zero attached hydrogens (tertiary/aromatic N) is 1. The molecule has 0 saturated carbocycles. The van der Waals surface area contributed by atoms with Gasteiger partial charge in [-0.15, -0.1) is 0 Å². The smallest absolute Gasteiger partial charge is 0.0489 e. The van der Waals surface area contributed by atoms with E-state index in [4.69, 9.17) is 4.74 Å². The Morgan fingerprint density at radius 3 is 3.00 bits per heavy atom. The van der Waals surface area contributed by atoms with Crippen molar-refractivity contribution in [3.05, 3.63) is 0 Å². The molecule has 0 bridgehead atoms. The third kappa shape index (κ3) is 7.74. The second kappa shape index (κ2) is 8.90. The Balaban J connectivity index is 2.07. The van der Waals surface area contributed by atoms with Crippen LogP contribution in [-0.4, -0.2) is 50.8 Å². The lowest BCUT2D eigenvalue weighted by Crippen LogP contribution is -2.39. The maximum Gasteiger partial charge on any atom is 0.0489 e. The van der Waals surface area contributed by atoms with Gasteiger partial charge in [0, 0.05) is 26.3 Å². The highest BCUT2D eigenvalue weighted by Gasteiger charge is 2.12. The standard InChI is InChI=1S/C14H30N2O/c1-13(2)12-17-9-5-8-16-7-4-6-15-10-14(3)11-16/h13-15H,4-12H2,1-3H3. The molecule has 1 fully saturated rings. The Kier molecular flexibility index (Phi) is 7.82. The van der Waals surface area contributed by atoms with Gasteiger partial charge in [0.25, 0.3) is 0 Å². The third-order valence-corrected chi connectivity index (χ3v) is 3.10. The minimum absolute atomic E-state index is 0.655. The first-order valence-electron chi connectivity index (χ1n) is 7.19. The lowest BCUT2D eigenvalue weighted by atomic mass is 10.1. The summed E-state index contributed by atoms with van der Waals surface area (Å²) in [7, 11) is 0. The Bertz CT molecular complexity index is 185. The van der Waals surface area contributed by atoms with E-state index in [1.165, 1.54) is 45.6 Å². The van der Waals surface area contributed by atoms with Gasteiger partial charge in [0.1, 0.15) is 0 Å². The Hall–Kier alpha value is -0.120. The van der Waals surface area contributed by atoms with E-state index in [-0.39, 0.29) is 0 Å². The van der Waals surface area contributed by atoms with Gasteiger partial charge in [0.2, 0.25) is 0 Å². The Labute approximate surface area is 107 Å². The van der Waals surface area contributed by atoms with Crippen molar-refractivity contribution in [2.75, 3.05) is 45.9 Å². The summed E-state index contributed by atoms with van der Waals surface area (Å²) >= 11 is 0. The summed E-state index contributed by atoms with van der Waals surface area (Å²) < 4.78 is 5.63. The van der Waals surface area contributed by atoms with E-state index in [1.807, 2.05) is 0 Å². The van der Waals surface area contributed by atoms with Crippen molar-refractivity contribution >= 4 is 0 Å². The summed E-state index contributed by atoms with van der Waals surface area (Å²) in [4.78, 5) is 2.60. The second-order valence-corrected chi connectivity index (χ2v) is 5.79. The highest BCUT2D eigenvalue weighted by molar-refractivity contribution is 4.69. The molecule has 1 saturated heterocycles. The SMILES string of the molecule is CC(C)COCCCN1CCCNCC(C)C1. The highest BCUT2D eigenvalue weighted by Crippen LogP contribution is 2.04. The van der Waals surface area contributed by atoms with Gasteiger partial charge in [-0.2, -0.15) is 0 Å². The van der Waals surface area contributed by atoms with Crippen LogP contribution >= 0.6 is 0 Å². The number of rotatable bonds is 6. The molecular formula is C14H30N2O. The summed E-state index contributed by atoms with van der Waals surface area (Å²) in [5.41, 5.74) is 0. The highest BCUT2D eigenvalue weighted by atomic mass is 16.5. The molecule has 1 rings (SSSR count). The maximum atomic E-state index is 5.63. The van der Waals surface area contributed by atoms with Crippen LogP contribution < -0.4 is 5.32 Å². The Morgan fingerprint density at radius 1 is 1.41 bits per heavy atom. The van der Waals surface area contributed by atoms with Crippen molar-refractivity contribution in [3.63, 3.8) is 0 Å². The van der Waals surface area contributed by atoms with E-state index < -0.39 is 0 Å². The third-order valence-electron chi connectivity index (χ3n) is 3.10. The van der Waals surface area contributed by atoms with Crippen LogP contribution in [0.2, 0.25) is 0 Å². The van der Waals surface area contributed by atoms with Crippen LogP contribution in [0, 0.1) is 11.8 Å².